The first kappa shape index (κ1) is 21.4. The fraction of sp³-hybridized carbons (Fsp3) is 0.227. The van der Waals surface area contributed by atoms with E-state index in [0.717, 1.165) is 0 Å². The highest BCUT2D eigenvalue weighted by Gasteiger charge is 2.44. The molecular formula is C22H19FN2O4S. The van der Waals surface area contributed by atoms with Gasteiger partial charge in [0.15, 0.2) is 0 Å². The number of thioether (sulfide) groups is 1. The third-order valence-corrected chi connectivity index (χ3v) is 5.82. The van der Waals surface area contributed by atoms with E-state index in [0.29, 0.717) is 27.7 Å². The van der Waals surface area contributed by atoms with Gasteiger partial charge in [0.2, 0.25) is 5.91 Å². The van der Waals surface area contributed by atoms with Crippen LogP contribution < -0.4 is 10.1 Å². The van der Waals surface area contributed by atoms with Crippen molar-refractivity contribution in [3.63, 3.8) is 0 Å². The summed E-state index contributed by atoms with van der Waals surface area (Å²) in [5, 5.41) is 12.9. The lowest BCUT2D eigenvalue weighted by Crippen LogP contribution is -2.44. The van der Waals surface area contributed by atoms with Crippen molar-refractivity contribution >= 4 is 23.6 Å². The van der Waals surface area contributed by atoms with E-state index in [1.54, 1.807) is 36.4 Å². The number of hydrogen-bond acceptors (Lipinski definition) is 6. The SMILES string of the molecule is COC(=O)[C@@H]1C(=O)NC(SCc2cccc(F)c2)=C(C#N)[C@H]1c1ccc(OC)cc1. The number of nitriles is 1. The molecule has 0 unspecified atom stereocenters. The molecule has 0 aromatic heterocycles. The van der Waals surface area contributed by atoms with Gasteiger partial charge in [-0.3, -0.25) is 9.59 Å². The third-order valence-electron chi connectivity index (χ3n) is 4.73. The monoisotopic (exact) mass is 426 g/mol. The van der Waals surface area contributed by atoms with E-state index in [4.69, 9.17) is 9.47 Å². The van der Waals surface area contributed by atoms with Crippen LogP contribution in [0.4, 0.5) is 4.39 Å². The maximum Gasteiger partial charge on any atom is 0.319 e. The van der Waals surface area contributed by atoms with Crippen LogP contribution in [0.2, 0.25) is 0 Å². The van der Waals surface area contributed by atoms with Crippen molar-refractivity contribution in [2.24, 2.45) is 5.92 Å². The second-order valence-corrected chi connectivity index (χ2v) is 7.50. The standard InChI is InChI=1S/C22H19FN2O4S/c1-28-16-8-6-14(7-9-16)18-17(11-24)21(25-20(26)19(18)22(27)29-2)30-12-13-4-3-5-15(23)10-13/h3-10,18-19H,12H2,1-2H3,(H,25,26)/t18-,19+/m1/s1. The first-order valence-electron chi connectivity index (χ1n) is 9.02. The normalized spacial score (nSPS) is 18.4. The Kier molecular flexibility index (Phi) is 6.75. The minimum atomic E-state index is -1.20. The average molecular weight is 426 g/mol. The van der Waals surface area contributed by atoms with Crippen molar-refractivity contribution in [3.05, 3.63) is 76.1 Å². The molecule has 1 N–H and O–H groups in total. The number of ether oxygens (including phenoxy) is 2. The molecule has 6 nitrogen and oxygen atoms in total. The fourth-order valence-electron chi connectivity index (χ4n) is 3.27. The lowest BCUT2D eigenvalue weighted by molar-refractivity contribution is -0.150. The summed E-state index contributed by atoms with van der Waals surface area (Å²) in [4.78, 5) is 25.2. The highest BCUT2D eigenvalue weighted by Crippen LogP contribution is 2.41. The van der Waals surface area contributed by atoms with Gasteiger partial charge >= 0.3 is 5.97 Å². The minimum Gasteiger partial charge on any atom is -0.497 e. The molecule has 0 radical (unpaired) electrons. The van der Waals surface area contributed by atoms with Crippen LogP contribution in [-0.4, -0.2) is 26.1 Å². The van der Waals surface area contributed by atoms with Crippen LogP contribution in [-0.2, 0) is 20.1 Å². The number of nitrogens with one attached hydrogen (secondary N) is 1. The van der Waals surface area contributed by atoms with E-state index in [1.807, 2.05) is 0 Å². The molecule has 0 fully saturated rings. The molecule has 0 saturated carbocycles. The topological polar surface area (TPSA) is 88.4 Å². The van der Waals surface area contributed by atoms with E-state index in [2.05, 4.69) is 11.4 Å². The molecule has 0 spiro atoms. The van der Waals surface area contributed by atoms with Gasteiger partial charge in [-0.25, -0.2) is 4.39 Å². The van der Waals surface area contributed by atoms with E-state index in [1.165, 1.54) is 38.1 Å². The maximum absolute atomic E-state index is 13.5. The fourth-order valence-corrected chi connectivity index (χ4v) is 4.26. The van der Waals surface area contributed by atoms with Gasteiger partial charge in [0.05, 0.1) is 30.9 Å². The molecular weight excluding hydrogens is 407 g/mol. The molecule has 30 heavy (non-hydrogen) atoms. The molecule has 3 rings (SSSR count). The van der Waals surface area contributed by atoms with Crippen molar-refractivity contribution in [2.45, 2.75) is 11.7 Å². The van der Waals surface area contributed by atoms with Crippen molar-refractivity contribution < 1.29 is 23.5 Å². The number of rotatable bonds is 6. The second-order valence-electron chi connectivity index (χ2n) is 6.51. The van der Waals surface area contributed by atoms with Crippen molar-refractivity contribution in [3.8, 4) is 11.8 Å². The molecule has 2 atom stereocenters. The van der Waals surface area contributed by atoms with E-state index in [-0.39, 0.29) is 11.4 Å². The Morgan fingerprint density at radius 2 is 1.97 bits per heavy atom. The van der Waals surface area contributed by atoms with Gasteiger partial charge in [-0.2, -0.15) is 5.26 Å². The average Bonchev–Trinajstić information content (AvgIpc) is 2.76. The molecule has 1 amide bonds. The molecule has 0 bridgehead atoms. The Morgan fingerprint density at radius 1 is 1.23 bits per heavy atom. The summed E-state index contributed by atoms with van der Waals surface area (Å²) >= 11 is 1.20. The van der Waals surface area contributed by atoms with Gasteiger partial charge in [0.1, 0.15) is 17.5 Å². The largest absolute Gasteiger partial charge is 0.497 e. The Labute approximate surface area is 177 Å². The van der Waals surface area contributed by atoms with E-state index in [9.17, 15) is 19.2 Å². The Morgan fingerprint density at radius 3 is 2.57 bits per heavy atom. The number of carbonyl (C=O) groups is 2. The molecule has 2 aromatic rings. The summed E-state index contributed by atoms with van der Waals surface area (Å²) in [5.74, 6) is -2.70. The third kappa shape index (κ3) is 4.47. The first-order valence-corrected chi connectivity index (χ1v) is 10.0. The maximum atomic E-state index is 13.5. The Balaban J connectivity index is 2.01. The lowest BCUT2D eigenvalue weighted by Gasteiger charge is -2.31. The molecule has 2 aromatic carbocycles. The summed E-state index contributed by atoms with van der Waals surface area (Å²) in [6, 6.07) is 15.0. The predicted molar refractivity (Wildman–Crippen MR) is 110 cm³/mol. The molecule has 154 valence electrons. The zero-order chi connectivity index (χ0) is 21.7. The lowest BCUT2D eigenvalue weighted by atomic mass is 9.78. The van der Waals surface area contributed by atoms with Crippen molar-refractivity contribution in [1.29, 1.82) is 5.26 Å². The Bertz CT molecular complexity index is 1030. The number of amides is 1. The number of halogens is 1. The van der Waals surface area contributed by atoms with Crippen molar-refractivity contribution in [2.75, 3.05) is 14.2 Å². The molecule has 0 saturated heterocycles. The summed E-state index contributed by atoms with van der Waals surface area (Å²) in [7, 11) is 2.73. The summed E-state index contributed by atoms with van der Waals surface area (Å²) < 4.78 is 23.4. The number of esters is 1. The highest BCUT2D eigenvalue weighted by atomic mass is 32.2. The van der Waals surface area contributed by atoms with Crippen LogP contribution in [0, 0.1) is 23.1 Å². The van der Waals surface area contributed by atoms with E-state index < -0.39 is 23.7 Å². The molecule has 1 aliphatic rings. The first-order chi connectivity index (χ1) is 14.5. The quantitative estimate of drug-likeness (QED) is 0.562. The van der Waals surface area contributed by atoms with Crippen LogP contribution in [0.15, 0.2) is 59.1 Å². The Hall–Kier alpha value is -3.31. The number of carbonyl (C=O) groups excluding carboxylic acids is 2. The molecule has 0 aliphatic carbocycles. The number of benzene rings is 2. The van der Waals surface area contributed by atoms with Gasteiger partial charge in [-0.15, -0.1) is 11.8 Å². The van der Waals surface area contributed by atoms with Crippen LogP contribution in [0.3, 0.4) is 0 Å². The van der Waals surface area contributed by atoms with Gasteiger partial charge in [0.25, 0.3) is 0 Å². The zero-order valence-electron chi connectivity index (χ0n) is 16.3. The summed E-state index contributed by atoms with van der Waals surface area (Å²) in [5.41, 5.74) is 1.56. The van der Waals surface area contributed by atoms with Crippen LogP contribution in [0.25, 0.3) is 0 Å². The second kappa shape index (κ2) is 9.46. The van der Waals surface area contributed by atoms with Gasteiger partial charge in [0, 0.05) is 11.7 Å². The number of hydrogen-bond donors (Lipinski definition) is 1. The molecule has 1 heterocycles. The molecule has 8 heteroatoms. The van der Waals surface area contributed by atoms with Gasteiger partial charge in [-0.1, -0.05) is 24.3 Å². The van der Waals surface area contributed by atoms with Crippen molar-refractivity contribution in [1.82, 2.24) is 5.32 Å². The number of allylic oxidation sites excluding steroid dienone is 1. The zero-order valence-corrected chi connectivity index (χ0v) is 17.2. The summed E-state index contributed by atoms with van der Waals surface area (Å²) in [6.45, 7) is 0. The number of methoxy groups -OCH3 is 2. The van der Waals surface area contributed by atoms with Gasteiger partial charge < -0.3 is 14.8 Å². The minimum absolute atomic E-state index is 0.247. The predicted octanol–water partition coefficient (Wildman–Crippen LogP) is 3.51. The highest BCUT2D eigenvalue weighted by molar-refractivity contribution is 8.02. The van der Waals surface area contributed by atoms with Crippen LogP contribution in [0.1, 0.15) is 17.0 Å². The summed E-state index contributed by atoms with van der Waals surface area (Å²) in [6.07, 6.45) is 0. The van der Waals surface area contributed by atoms with Crippen LogP contribution >= 0.6 is 11.8 Å². The van der Waals surface area contributed by atoms with E-state index >= 15 is 0 Å². The smallest absolute Gasteiger partial charge is 0.319 e. The molecule has 1 aliphatic heterocycles. The van der Waals surface area contributed by atoms with Crippen LogP contribution in [0.5, 0.6) is 5.75 Å². The number of nitrogens with zero attached hydrogens (tertiary/aromatic N) is 1. The van der Waals surface area contributed by atoms with Gasteiger partial charge in [-0.05, 0) is 35.4 Å².